The van der Waals surface area contributed by atoms with Gasteiger partial charge in [0, 0.05) is 11.6 Å². The summed E-state index contributed by atoms with van der Waals surface area (Å²) in [4.78, 5) is 4.23. The van der Waals surface area contributed by atoms with Gasteiger partial charge in [0.2, 0.25) is 0 Å². The van der Waals surface area contributed by atoms with Crippen molar-refractivity contribution in [2.24, 2.45) is 5.92 Å². The number of aromatic nitrogens is 3. The fourth-order valence-electron chi connectivity index (χ4n) is 4.34. The summed E-state index contributed by atoms with van der Waals surface area (Å²) in [6.45, 7) is 3.67. The molecule has 0 bridgehead atoms. The van der Waals surface area contributed by atoms with Gasteiger partial charge in [0.1, 0.15) is 17.6 Å². The first-order valence-corrected chi connectivity index (χ1v) is 10.5. The second-order valence-corrected chi connectivity index (χ2v) is 8.83. The molecule has 6 nitrogen and oxygen atoms in total. The summed E-state index contributed by atoms with van der Waals surface area (Å²) in [6.07, 6.45) is -0.957. The number of nitrogens with zero attached hydrogens (tertiary/aromatic N) is 4. The first-order chi connectivity index (χ1) is 15.1. The average Bonchev–Trinajstić information content (AvgIpc) is 3.11. The van der Waals surface area contributed by atoms with Crippen molar-refractivity contribution in [1.29, 1.82) is 5.26 Å². The summed E-state index contributed by atoms with van der Waals surface area (Å²) in [7, 11) is 0. The zero-order valence-corrected chi connectivity index (χ0v) is 17.8. The lowest BCUT2D eigenvalue weighted by atomic mass is 9.77. The first-order valence-electron chi connectivity index (χ1n) is 10.5. The van der Waals surface area contributed by atoms with Crippen molar-refractivity contribution in [1.82, 2.24) is 14.6 Å². The van der Waals surface area contributed by atoms with Crippen LogP contribution in [0.5, 0.6) is 0 Å². The fourth-order valence-corrected chi connectivity index (χ4v) is 4.34. The van der Waals surface area contributed by atoms with Crippen molar-refractivity contribution in [3.63, 3.8) is 0 Å². The number of imidazole rings is 1. The molecule has 9 heteroatoms. The smallest absolute Gasteiger partial charge is 0.390 e. The minimum atomic E-state index is -4.49. The standard InChI is InChI=1S/C23H24F3N5O/c1-22(2,32)15-6-8-17(9-7-15)28-19-10-11-20-29-18(13-27)21(31(20)30-19)14-4-3-5-16(12-14)23(24,25)26/h3-5,10-12,15,17,32H,6-9H2,1-2H3,(H,28,30). The molecule has 0 aliphatic heterocycles. The second-order valence-electron chi connectivity index (χ2n) is 8.83. The van der Waals surface area contributed by atoms with Gasteiger partial charge in [0.25, 0.3) is 0 Å². The summed E-state index contributed by atoms with van der Waals surface area (Å²) in [5.41, 5.74) is -0.661. The van der Waals surface area contributed by atoms with Crippen molar-refractivity contribution < 1.29 is 18.3 Å². The van der Waals surface area contributed by atoms with Crippen LogP contribution >= 0.6 is 0 Å². The van der Waals surface area contributed by atoms with E-state index in [-0.39, 0.29) is 28.9 Å². The topological polar surface area (TPSA) is 86.2 Å². The number of benzene rings is 1. The van der Waals surface area contributed by atoms with Crippen LogP contribution in [-0.2, 0) is 6.18 Å². The Hall–Kier alpha value is -3.12. The summed E-state index contributed by atoms with van der Waals surface area (Å²) < 4.78 is 41.0. The molecule has 3 aromatic rings. The molecule has 2 N–H and O–H groups in total. The Balaban J connectivity index is 1.65. The van der Waals surface area contributed by atoms with E-state index in [1.165, 1.54) is 16.6 Å². The molecular formula is C23H24F3N5O. The van der Waals surface area contributed by atoms with Crippen molar-refractivity contribution in [2.75, 3.05) is 5.32 Å². The van der Waals surface area contributed by atoms with Crippen LogP contribution in [0.1, 0.15) is 50.8 Å². The monoisotopic (exact) mass is 443 g/mol. The van der Waals surface area contributed by atoms with Gasteiger partial charge in [-0.25, -0.2) is 9.50 Å². The van der Waals surface area contributed by atoms with E-state index in [1.807, 2.05) is 19.9 Å². The SMILES string of the molecule is CC(C)(O)C1CCC(Nc2ccc3nc(C#N)c(-c4cccc(C(F)(F)F)c4)n3n2)CC1. The predicted octanol–water partition coefficient (Wildman–Crippen LogP) is 5.03. The highest BCUT2D eigenvalue weighted by atomic mass is 19.4. The minimum Gasteiger partial charge on any atom is -0.390 e. The highest BCUT2D eigenvalue weighted by molar-refractivity contribution is 5.70. The van der Waals surface area contributed by atoms with Crippen LogP contribution in [0.2, 0.25) is 0 Å². The van der Waals surface area contributed by atoms with Crippen molar-refractivity contribution in [3.05, 3.63) is 47.7 Å². The molecule has 4 rings (SSSR count). The zero-order chi connectivity index (χ0) is 23.1. The van der Waals surface area contributed by atoms with Gasteiger partial charge in [-0.05, 0) is 69.7 Å². The third kappa shape index (κ3) is 4.41. The molecule has 1 fully saturated rings. The van der Waals surface area contributed by atoms with Crippen molar-refractivity contribution in [2.45, 2.75) is 57.3 Å². The van der Waals surface area contributed by atoms with Gasteiger partial charge in [-0.15, -0.1) is 5.10 Å². The molecule has 2 aromatic heterocycles. The lowest BCUT2D eigenvalue weighted by Gasteiger charge is -2.36. The number of nitriles is 1. The molecule has 0 saturated heterocycles. The molecule has 0 spiro atoms. The number of alkyl halides is 3. The summed E-state index contributed by atoms with van der Waals surface area (Å²) in [6, 6.07) is 10.4. The number of halogens is 3. The van der Waals surface area contributed by atoms with E-state index >= 15 is 0 Å². The molecule has 1 aromatic carbocycles. The predicted molar refractivity (Wildman–Crippen MR) is 114 cm³/mol. The number of fused-ring (bicyclic) bond motifs is 1. The van der Waals surface area contributed by atoms with Gasteiger partial charge in [-0.3, -0.25) is 0 Å². The van der Waals surface area contributed by atoms with Crippen molar-refractivity contribution >= 4 is 11.5 Å². The van der Waals surface area contributed by atoms with E-state index < -0.39 is 17.3 Å². The van der Waals surface area contributed by atoms with Crippen LogP contribution in [0.4, 0.5) is 19.0 Å². The lowest BCUT2D eigenvalue weighted by Crippen LogP contribution is -2.37. The molecule has 2 heterocycles. The molecule has 32 heavy (non-hydrogen) atoms. The molecule has 1 aliphatic carbocycles. The van der Waals surface area contributed by atoms with Crippen molar-refractivity contribution in [3.8, 4) is 17.3 Å². The summed E-state index contributed by atoms with van der Waals surface area (Å²) >= 11 is 0. The summed E-state index contributed by atoms with van der Waals surface area (Å²) in [5, 5.41) is 27.7. The van der Waals surface area contributed by atoms with E-state index in [0.29, 0.717) is 11.5 Å². The van der Waals surface area contributed by atoms with Gasteiger partial charge >= 0.3 is 6.18 Å². The maximum atomic E-state index is 13.2. The van der Waals surface area contributed by atoms with Gasteiger partial charge in [-0.2, -0.15) is 18.4 Å². The van der Waals surface area contributed by atoms with Gasteiger partial charge in [0.05, 0.1) is 11.2 Å². The van der Waals surface area contributed by atoms with E-state index in [0.717, 1.165) is 37.8 Å². The maximum Gasteiger partial charge on any atom is 0.416 e. The molecule has 0 radical (unpaired) electrons. The quantitative estimate of drug-likeness (QED) is 0.591. The Kier molecular flexibility index (Phi) is 5.59. The van der Waals surface area contributed by atoms with Crippen LogP contribution in [0.15, 0.2) is 36.4 Å². The Morgan fingerprint density at radius 1 is 1.12 bits per heavy atom. The highest BCUT2D eigenvalue weighted by Crippen LogP contribution is 2.35. The Labute approximate surface area is 183 Å². The van der Waals surface area contributed by atoms with Gasteiger partial charge in [-0.1, -0.05) is 12.1 Å². The average molecular weight is 443 g/mol. The number of hydrogen-bond donors (Lipinski definition) is 2. The largest absolute Gasteiger partial charge is 0.416 e. The molecule has 1 saturated carbocycles. The number of anilines is 1. The minimum absolute atomic E-state index is 0.0136. The highest BCUT2D eigenvalue weighted by Gasteiger charge is 2.32. The Morgan fingerprint density at radius 2 is 1.84 bits per heavy atom. The third-order valence-corrected chi connectivity index (χ3v) is 6.12. The lowest BCUT2D eigenvalue weighted by molar-refractivity contribution is -0.137. The van der Waals surface area contributed by atoms with Crippen LogP contribution in [0, 0.1) is 17.2 Å². The zero-order valence-electron chi connectivity index (χ0n) is 17.8. The van der Waals surface area contributed by atoms with Gasteiger partial charge in [0.15, 0.2) is 11.3 Å². The fraction of sp³-hybridized carbons (Fsp3) is 0.435. The van der Waals surface area contributed by atoms with Crippen LogP contribution in [0.3, 0.4) is 0 Å². The molecular weight excluding hydrogens is 419 g/mol. The van der Waals surface area contributed by atoms with E-state index in [1.54, 1.807) is 12.1 Å². The van der Waals surface area contributed by atoms with E-state index in [4.69, 9.17) is 0 Å². The number of rotatable bonds is 4. The van der Waals surface area contributed by atoms with Gasteiger partial charge < -0.3 is 10.4 Å². The van der Waals surface area contributed by atoms with E-state index in [9.17, 15) is 23.5 Å². The normalized spacial score (nSPS) is 19.7. The van der Waals surface area contributed by atoms with Crippen LogP contribution in [0.25, 0.3) is 16.9 Å². The van der Waals surface area contributed by atoms with Crippen LogP contribution in [-0.4, -0.2) is 31.3 Å². The molecule has 0 unspecified atom stereocenters. The molecule has 168 valence electrons. The third-order valence-electron chi connectivity index (χ3n) is 6.12. The molecule has 0 amide bonds. The number of nitrogens with one attached hydrogen (secondary N) is 1. The second kappa shape index (κ2) is 8.10. The Bertz CT molecular complexity index is 1170. The first kappa shape index (κ1) is 22.1. The van der Waals surface area contributed by atoms with Crippen LogP contribution < -0.4 is 5.32 Å². The molecule has 0 atom stereocenters. The number of hydrogen-bond acceptors (Lipinski definition) is 5. The summed E-state index contributed by atoms with van der Waals surface area (Å²) in [5.74, 6) is 0.801. The van der Waals surface area contributed by atoms with E-state index in [2.05, 4.69) is 15.4 Å². The number of aliphatic hydroxyl groups is 1. The Morgan fingerprint density at radius 3 is 2.47 bits per heavy atom. The maximum absolute atomic E-state index is 13.2. The molecule has 1 aliphatic rings.